The Labute approximate surface area is 168 Å². The second kappa shape index (κ2) is 10.1. The molecule has 0 saturated carbocycles. The van der Waals surface area contributed by atoms with Crippen molar-refractivity contribution in [3.63, 3.8) is 0 Å². The lowest BCUT2D eigenvalue weighted by Crippen LogP contribution is -2.47. The van der Waals surface area contributed by atoms with Crippen molar-refractivity contribution in [3.8, 4) is 0 Å². The summed E-state index contributed by atoms with van der Waals surface area (Å²) in [6.45, 7) is -0.430. The van der Waals surface area contributed by atoms with Crippen molar-refractivity contribution in [3.05, 3.63) is 63.9 Å². The van der Waals surface area contributed by atoms with Crippen LogP contribution in [-0.4, -0.2) is 30.0 Å². The molecule has 0 aliphatic rings. The summed E-state index contributed by atoms with van der Waals surface area (Å²) in [6.07, 6.45) is 0. The van der Waals surface area contributed by atoms with E-state index in [4.69, 9.17) is 23.2 Å². The molecule has 0 unspecified atom stereocenters. The van der Waals surface area contributed by atoms with E-state index >= 15 is 0 Å². The van der Waals surface area contributed by atoms with E-state index in [0.29, 0.717) is 14.9 Å². The van der Waals surface area contributed by atoms with Gasteiger partial charge in [-0.3, -0.25) is 25.2 Å². The first-order valence-electron chi connectivity index (χ1n) is 7.55. The number of amides is 3. The van der Waals surface area contributed by atoms with Gasteiger partial charge in [-0.25, -0.2) is 4.39 Å². The number of thioether (sulfide) groups is 1. The number of halogens is 3. The van der Waals surface area contributed by atoms with Crippen LogP contribution in [-0.2, 0) is 9.59 Å². The SMILES string of the molecule is O=C(CNC(=O)c1ccccc1F)NNC(=O)CSc1cc(Cl)ccc1Cl. The first-order chi connectivity index (χ1) is 12.9. The van der Waals surface area contributed by atoms with Crippen molar-refractivity contribution in [2.24, 2.45) is 0 Å². The molecule has 0 aliphatic carbocycles. The van der Waals surface area contributed by atoms with Crippen LogP contribution in [0.15, 0.2) is 47.4 Å². The zero-order chi connectivity index (χ0) is 19.8. The molecule has 6 nitrogen and oxygen atoms in total. The summed E-state index contributed by atoms with van der Waals surface area (Å²) in [4.78, 5) is 35.8. The molecule has 0 aromatic heterocycles. The van der Waals surface area contributed by atoms with Gasteiger partial charge in [0, 0.05) is 9.92 Å². The topological polar surface area (TPSA) is 87.3 Å². The Kier molecular flexibility index (Phi) is 7.90. The third-order valence-corrected chi connectivity index (χ3v) is 4.85. The van der Waals surface area contributed by atoms with Crippen LogP contribution in [0.5, 0.6) is 0 Å². The monoisotopic (exact) mass is 429 g/mol. The molecule has 2 rings (SSSR count). The number of hydrogen-bond acceptors (Lipinski definition) is 4. The van der Waals surface area contributed by atoms with E-state index in [1.54, 1.807) is 18.2 Å². The summed E-state index contributed by atoms with van der Waals surface area (Å²) in [6, 6.07) is 10.2. The van der Waals surface area contributed by atoms with Crippen molar-refractivity contribution in [1.29, 1.82) is 0 Å². The van der Waals surface area contributed by atoms with Crippen LogP contribution < -0.4 is 16.2 Å². The fourth-order valence-electron chi connectivity index (χ4n) is 1.85. The van der Waals surface area contributed by atoms with Crippen molar-refractivity contribution in [2.45, 2.75) is 4.90 Å². The van der Waals surface area contributed by atoms with Gasteiger partial charge in [-0.2, -0.15) is 0 Å². The van der Waals surface area contributed by atoms with E-state index in [9.17, 15) is 18.8 Å². The molecule has 0 aliphatic heterocycles. The molecule has 0 fully saturated rings. The molecular formula is C17H14Cl2FN3O3S. The number of benzene rings is 2. The van der Waals surface area contributed by atoms with Gasteiger partial charge in [0.1, 0.15) is 5.82 Å². The Bertz CT molecular complexity index is 867. The Hall–Kier alpha value is -2.29. The largest absolute Gasteiger partial charge is 0.343 e. The summed E-state index contributed by atoms with van der Waals surface area (Å²) in [7, 11) is 0. The Morgan fingerprint density at radius 3 is 2.44 bits per heavy atom. The van der Waals surface area contributed by atoms with E-state index in [2.05, 4.69) is 16.2 Å². The standard InChI is InChI=1S/C17H14Cl2FN3O3S/c18-10-5-6-12(19)14(7-10)27-9-16(25)23-22-15(24)8-21-17(26)11-3-1-2-4-13(11)20/h1-7H,8-9H2,(H,21,26)(H,22,24)(H,23,25). The first-order valence-corrected chi connectivity index (χ1v) is 9.29. The number of carbonyl (C=O) groups excluding carboxylic acids is 3. The number of hydrazine groups is 1. The number of rotatable bonds is 6. The Morgan fingerprint density at radius 2 is 1.70 bits per heavy atom. The molecule has 0 atom stereocenters. The van der Waals surface area contributed by atoms with Crippen LogP contribution in [0.3, 0.4) is 0 Å². The molecule has 0 heterocycles. The highest BCUT2D eigenvalue weighted by Gasteiger charge is 2.12. The van der Waals surface area contributed by atoms with Gasteiger partial charge in [-0.05, 0) is 30.3 Å². The number of nitrogens with one attached hydrogen (secondary N) is 3. The Balaban J connectivity index is 1.72. The smallest absolute Gasteiger partial charge is 0.257 e. The van der Waals surface area contributed by atoms with Gasteiger partial charge in [0.05, 0.1) is 22.9 Å². The first kappa shape index (κ1) is 21.0. The normalized spacial score (nSPS) is 10.2. The summed E-state index contributed by atoms with van der Waals surface area (Å²) in [5.74, 6) is -2.59. The Morgan fingerprint density at radius 1 is 1.00 bits per heavy atom. The summed E-state index contributed by atoms with van der Waals surface area (Å²) in [5, 5.41) is 3.20. The molecule has 10 heteroatoms. The zero-order valence-corrected chi connectivity index (χ0v) is 16.1. The van der Waals surface area contributed by atoms with E-state index in [1.165, 1.54) is 18.2 Å². The molecule has 0 spiro atoms. The number of carbonyl (C=O) groups is 3. The third kappa shape index (κ3) is 6.74. The van der Waals surface area contributed by atoms with Gasteiger partial charge in [0.15, 0.2) is 0 Å². The fraction of sp³-hybridized carbons (Fsp3) is 0.118. The van der Waals surface area contributed by atoms with Crippen LogP contribution in [0.2, 0.25) is 10.0 Å². The molecule has 3 N–H and O–H groups in total. The van der Waals surface area contributed by atoms with Gasteiger partial charge in [-0.15, -0.1) is 11.8 Å². The van der Waals surface area contributed by atoms with Gasteiger partial charge >= 0.3 is 0 Å². The summed E-state index contributed by atoms with van der Waals surface area (Å²) in [5.41, 5.74) is 4.17. The van der Waals surface area contributed by atoms with Crippen LogP contribution in [0.4, 0.5) is 4.39 Å². The van der Waals surface area contributed by atoms with E-state index in [-0.39, 0.29) is 11.3 Å². The average molecular weight is 430 g/mol. The lowest BCUT2D eigenvalue weighted by Gasteiger charge is -2.09. The van der Waals surface area contributed by atoms with Crippen LogP contribution >= 0.6 is 35.0 Å². The molecule has 3 amide bonds. The molecule has 142 valence electrons. The van der Waals surface area contributed by atoms with Crippen molar-refractivity contribution in [2.75, 3.05) is 12.3 Å². The summed E-state index contributed by atoms with van der Waals surface area (Å²) >= 11 is 13.0. The predicted molar refractivity (Wildman–Crippen MR) is 102 cm³/mol. The van der Waals surface area contributed by atoms with Crippen LogP contribution in [0.1, 0.15) is 10.4 Å². The minimum atomic E-state index is -0.735. The van der Waals surface area contributed by atoms with Gasteiger partial charge in [0.25, 0.3) is 11.8 Å². The van der Waals surface area contributed by atoms with Crippen molar-refractivity contribution < 1.29 is 18.8 Å². The predicted octanol–water partition coefficient (Wildman–Crippen LogP) is 2.80. The number of hydrogen-bond donors (Lipinski definition) is 3. The minimum Gasteiger partial charge on any atom is -0.343 e. The van der Waals surface area contributed by atoms with E-state index in [0.717, 1.165) is 17.8 Å². The molecule has 0 saturated heterocycles. The van der Waals surface area contributed by atoms with Crippen LogP contribution in [0, 0.1) is 5.82 Å². The maximum atomic E-state index is 13.5. The van der Waals surface area contributed by atoms with E-state index < -0.39 is 30.1 Å². The van der Waals surface area contributed by atoms with Crippen molar-refractivity contribution >= 4 is 52.7 Å². The highest BCUT2D eigenvalue weighted by molar-refractivity contribution is 8.00. The quantitative estimate of drug-likeness (QED) is 0.486. The molecule has 2 aromatic rings. The lowest BCUT2D eigenvalue weighted by atomic mass is 10.2. The highest BCUT2D eigenvalue weighted by atomic mass is 35.5. The second-order valence-corrected chi connectivity index (χ2v) is 6.98. The molecule has 2 aromatic carbocycles. The second-order valence-electron chi connectivity index (χ2n) is 5.12. The van der Waals surface area contributed by atoms with Gasteiger partial charge < -0.3 is 5.32 Å². The highest BCUT2D eigenvalue weighted by Crippen LogP contribution is 2.29. The minimum absolute atomic E-state index is 0.0120. The van der Waals surface area contributed by atoms with Gasteiger partial charge in [-0.1, -0.05) is 35.3 Å². The fourth-order valence-corrected chi connectivity index (χ4v) is 3.14. The maximum absolute atomic E-state index is 13.5. The van der Waals surface area contributed by atoms with Crippen molar-refractivity contribution in [1.82, 2.24) is 16.2 Å². The molecule has 27 heavy (non-hydrogen) atoms. The van der Waals surface area contributed by atoms with Crippen LogP contribution in [0.25, 0.3) is 0 Å². The maximum Gasteiger partial charge on any atom is 0.257 e. The molecule has 0 radical (unpaired) electrons. The lowest BCUT2D eigenvalue weighted by molar-refractivity contribution is -0.127. The van der Waals surface area contributed by atoms with Gasteiger partial charge in [0.2, 0.25) is 5.91 Å². The molecular weight excluding hydrogens is 416 g/mol. The molecule has 0 bridgehead atoms. The zero-order valence-electron chi connectivity index (χ0n) is 13.7. The average Bonchev–Trinajstić information content (AvgIpc) is 2.65. The third-order valence-electron chi connectivity index (χ3n) is 3.12. The van der Waals surface area contributed by atoms with E-state index in [1.807, 2.05) is 0 Å². The summed E-state index contributed by atoms with van der Waals surface area (Å²) < 4.78 is 13.5.